The van der Waals surface area contributed by atoms with Gasteiger partial charge in [0.25, 0.3) is 0 Å². The lowest BCUT2D eigenvalue weighted by Gasteiger charge is -2.31. The smallest absolute Gasteiger partial charge is 0.222 e. The first-order valence-electron chi connectivity index (χ1n) is 7.80. The maximum atomic E-state index is 12.1. The number of carbonyl (C=O) groups excluding carboxylic acids is 1. The van der Waals surface area contributed by atoms with Gasteiger partial charge in [0.2, 0.25) is 5.91 Å². The molecule has 1 unspecified atom stereocenters. The number of hydrogen-bond acceptors (Lipinski definition) is 5. The van der Waals surface area contributed by atoms with Crippen LogP contribution in [-0.4, -0.2) is 50.0 Å². The number of carbonyl (C=O) groups is 1. The highest BCUT2D eigenvalue weighted by Crippen LogP contribution is 2.16. The maximum Gasteiger partial charge on any atom is 0.222 e. The van der Waals surface area contributed by atoms with Crippen LogP contribution in [0.3, 0.4) is 0 Å². The molecule has 123 valence electrons. The summed E-state index contributed by atoms with van der Waals surface area (Å²) in [7, 11) is 0. The molecule has 1 aromatic heterocycles. The molecule has 0 saturated carbocycles. The number of nitrogens with zero attached hydrogens (tertiary/aromatic N) is 3. The third kappa shape index (κ3) is 5.30. The van der Waals surface area contributed by atoms with Gasteiger partial charge in [0, 0.05) is 37.7 Å². The molecular weight excluding hydrogens is 302 g/mol. The predicted molar refractivity (Wildman–Crippen MR) is 85.4 cm³/mol. The highest BCUT2D eigenvalue weighted by molar-refractivity contribution is 7.94. The topological polar surface area (TPSA) is 67.6 Å². The second-order valence-corrected chi connectivity index (χ2v) is 6.26. The standard InChI is InChI=1S/C15H24N3O3S/c1-13-16-7-9-17(13)8-5-3-2-4-6-14(19)18-10-11-21-15(12-18)22-20/h9,15,20H,2-6,8,10-12H2,1H3. The largest absolute Gasteiger partial charge is 0.362 e. The first-order chi connectivity index (χ1) is 10.7. The van der Waals surface area contributed by atoms with Gasteiger partial charge in [0.15, 0.2) is 0 Å². The van der Waals surface area contributed by atoms with Crippen molar-refractivity contribution < 1.29 is 14.1 Å². The number of morpholine rings is 1. The number of aryl methyl sites for hydroxylation is 2. The number of imidazole rings is 1. The Hall–Kier alpha value is -1.05. The minimum Gasteiger partial charge on any atom is -0.362 e. The van der Waals surface area contributed by atoms with Crippen molar-refractivity contribution in [3.8, 4) is 0 Å². The second kappa shape index (κ2) is 9.17. The van der Waals surface area contributed by atoms with E-state index in [1.807, 2.05) is 13.1 Å². The van der Waals surface area contributed by atoms with E-state index >= 15 is 0 Å². The summed E-state index contributed by atoms with van der Waals surface area (Å²) >= 11 is 0.676. The predicted octanol–water partition coefficient (Wildman–Crippen LogP) is 2.33. The molecule has 1 aliphatic heterocycles. The SMILES string of the molecule is Cc1n[c]cn1CCCCCCC(=O)N1CCOC(SO)C1. The van der Waals surface area contributed by atoms with E-state index in [2.05, 4.69) is 15.7 Å². The average molecular weight is 326 g/mol. The van der Waals surface area contributed by atoms with E-state index in [9.17, 15) is 4.79 Å². The molecule has 1 saturated heterocycles. The molecule has 6 nitrogen and oxygen atoms in total. The van der Waals surface area contributed by atoms with Crippen LogP contribution in [0.4, 0.5) is 0 Å². The van der Waals surface area contributed by atoms with E-state index in [-0.39, 0.29) is 11.3 Å². The van der Waals surface area contributed by atoms with Crippen LogP contribution >= 0.6 is 12.0 Å². The van der Waals surface area contributed by atoms with Crippen molar-refractivity contribution in [1.29, 1.82) is 0 Å². The number of hydrogen-bond donors (Lipinski definition) is 1. The van der Waals surface area contributed by atoms with Gasteiger partial charge in [-0.25, -0.2) is 4.98 Å². The van der Waals surface area contributed by atoms with Gasteiger partial charge in [-0.05, 0) is 19.8 Å². The summed E-state index contributed by atoms with van der Waals surface area (Å²) in [5.41, 5.74) is -0.298. The van der Waals surface area contributed by atoms with Gasteiger partial charge in [-0.15, -0.1) is 0 Å². The van der Waals surface area contributed by atoms with E-state index in [0.29, 0.717) is 38.2 Å². The van der Waals surface area contributed by atoms with Crippen LogP contribution in [0.25, 0.3) is 0 Å². The zero-order valence-corrected chi connectivity index (χ0v) is 13.8. The number of amides is 1. The lowest BCUT2D eigenvalue weighted by atomic mass is 10.1. The average Bonchev–Trinajstić information content (AvgIpc) is 2.95. The van der Waals surface area contributed by atoms with E-state index in [0.717, 1.165) is 38.1 Å². The van der Waals surface area contributed by atoms with Crippen molar-refractivity contribution in [3.63, 3.8) is 0 Å². The lowest BCUT2D eigenvalue weighted by Crippen LogP contribution is -2.44. The fourth-order valence-corrected chi connectivity index (χ4v) is 2.96. The summed E-state index contributed by atoms with van der Waals surface area (Å²) in [6.45, 7) is 4.57. The van der Waals surface area contributed by atoms with Crippen molar-refractivity contribution in [1.82, 2.24) is 14.5 Å². The van der Waals surface area contributed by atoms with Crippen LogP contribution in [0.5, 0.6) is 0 Å². The quantitative estimate of drug-likeness (QED) is 0.586. The van der Waals surface area contributed by atoms with Crippen LogP contribution in [0.2, 0.25) is 0 Å². The molecule has 2 heterocycles. The third-order valence-electron chi connectivity index (χ3n) is 3.90. The molecule has 1 aliphatic rings. The molecule has 1 amide bonds. The molecule has 1 atom stereocenters. The zero-order valence-electron chi connectivity index (χ0n) is 13.0. The Morgan fingerprint density at radius 3 is 3.05 bits per heavy atom. The van der Waals surface area contributed by atoms with Crippen molar-refractivity contribution in [2.45, 2.75) is 51.0 Å². The second-order valence-electron chi connectivity index (χ2n) is 5.52. The summed E-state index contributed by atoms with van der Waals surface area (Å²) in [6, 6.07) is 0. The summed E-state index contributed by atoms with van der Waals surface area (Å²) in [5, 5.41) is 0. The third-order valence-corrected chi connectivity index (χ3v) is 4.42. The Labute approximate surface area is 136 Å². The summed E-state index contributed by atoms with van der Waals surface area (Å²) < 4.78 is 16.4. The molecule has 1 radical (unpaired) electrons. The van der Waals surface area contributed by atoms with Crippen molar-refractivity contribution in [2.75, 3.05) is 19.7 Å². The van der Waals surface area contributed by atoms with Gasteiger partial charge >= 0.3 is 0 Å². The van der Waals surface area contributed by atoms with Crippen LogP contribution in [0, 0.1) is 13.1 Å². The first kappa shape index (κ1) is 17.3. The highest BCUT2D eigenvalue weighted by atomic mass is 32.2. The molecule has 0 aliphatic carbocycles. The van der Waals surface area contributed by atoms with Crippen molar-refractivity contribution in [2.24, 2.45) is 0 Å². The van der Waals surface area contributed by atoms with Gasteiger partial charge < -0.3 is 18.8 Å². The maximum absolute atomic E-state index is 12.1. The molecule has 22 heavy (non-hydrogen) atoms. The van der Waals surface area contributed by atoms with Crippen molar-refractivity contribution >= 4 is 17.9 Å². The molecule has 1 N–H and O–H groups in total. The Morgan fingerprint density at radius 2 is 2.32 bits per heavy atom. The van der Waals surface area contributed by atoms with Gasteiger partial charge in [-0.2, -0.15) is 0 Å². The van der Waals surface area contributed by atoms with Gasteiger partial charge in [-0.3, -0.25) is 4.79 Å². The molecule has 0 bridgehead atoms. The summed E-state index contributed by atoms with van der Waals surface area (Å²) in [4.78, 5) is 18.0. The molecule has 2 rings (SSSR count). The Balaban J connectivity index is 1.54. The van der Waals surface area contributed by atoms with Crippen molar-refractivity contribution in [3.05, 3.63) is 18.2 Å². The van der Waals surface area contributed by atoms with Crippen LogP contribution in [-0.2, 0) is 16.1 Å². The zero-order chi connectivity index (χ0) is 15.8. The molecule has 0 spiro atoms. The minimum absolute atomic E-state index is 0.169. The summed E-state index contributed by atoms with van der Waals surface area (Å²) in [5.74, 6) is 1.17. The number of rotatable bonds is 8. The van der Waals surface area contributed by atoms with Gasteiger partial charge in [0.05, 0.1) is 13.2 Å². The molecule has 1 aromatic rings. The van der Waals surface area contributed by atoms with Gasteiger partial charge in [-0.1, -0.05) is 12.8 Å². The fourth-order valence-electron chi connectivity index (χ4n) is 2.55. The van der Waals surface area contributed by atoms with Crippen LogP contribution in [0.1, 0.15) is 37.9 Å². The van der Waals surface area contributed by atoms with E-state index in [1.54, 1.807) is 4.90 Å². The monoisotopic (exact) mass is 326 g/mol. The fraction of sp³-hybridized carbons (Fsp3) is 0.733. The molecule has 1 fully saturated rings. The molecule has 0 aromatic carbocycles. The van der Waals surface area contributed by atoms with E-state index < -0.39 is 0 Å². The molecular formula is C15H24N3O3S. The van der Waals surface area contributed by atoms with E-state index in [4.69, 9.17) is 9.29 Å². The highest BCUT2D eigenvalue weighted by Gasteiger charge is 2.23. The lowest BCUT2D eigenvalue weighted by molar-refractivity contribution is -0.136. The van der Waals surface area contributed by atoms with Crippen LogP contribution < -0.4 is 0 Å². The number of aromatic nitrogens is 2. The van der Waals surface area contributed by atoms with E-state index in [1.165, 1.54) is 0 Å². The molecule has 7 heteroatoms. The summed E-state index contributed by atoms with van der Waals surface area (Å²) in [6.07, 6.45) is 9.50. The Bertz CT molecular complexity index is 467. The number of unbranched alkanes of at least 4 members (excludes halogenated alkanes) is 3. The number of ether oxygens (including phenoxy) is 1. The normalized spacial score (nSPS) is 18.6. The Morgan fingerprint density at radius 1 is 1.50 bits per heavy atom. The first-order valence-corrected chi connectivity index (χ1v) is 8.64. The Kier molecular flexibility index (Phi) is 7.21. The minimum atomic E-state index is -0.298. The van der Waals surface area contributed by atoms with Gasteiger partial charge in [0.1, 0.15) is 17.5 Å². The van der Waals surface area contributed by atoms with Crippen LogP contribution in [0.15, 0.2) is 6.20 Å².